The summed E-state index contributed by atoms with van der Waals surface area (Å²) in [5.41, 5.74) is 6.35. The highest BCUT2D eigenvalue weighted by atomic mass is 79.9. The van der Waals surface area contributed by atoms with Crippen LogP contribution in [0.3, 0.4) is 0 Å². The van der Waals surface area contributed by atoms with E-state index in [1.54, 1.807) is 12.1 Å². The number of nitrogens with two attached hydrogens (primary N) is 1. The first kappa shape index (κ1) is 14.1. The second kappa shape index (κ2) is 5.57. The number of fused-ring (bicyclic) bond motifs is 1. The summed E-state index contributed by atoms with van der Waals surface area (Å²) >= 11 is 3.32. The van der Waals surface area contributed by atoms with Crippen LogP contribution in [0.15, 0.2) is 16.6 Å². The molecule has 0 aliphatic carbocycles. The fourth-order valence-electron chi connectivity index (χ4n) is 1.43. The molecule has 0 radical (unpaired) electrons. The molecule has 0 amide bonds. The van der Waals surface area contributed by atoms with Crippen molar-refractivity contribution in [1.29, 1.82) is 0 Å². The van der Waals surface area contributed by atoms with Crippen molar-refractivity contribution < 1.29 is 19.0 Å². The average Bonchev–Trinajstić information content (AvgIpc) is 2.72. The zero-order chi connectivity index (χ0) is 11.7. The largest absolute Gasteiger partial charge is 0.468 e. The molecule has 0 spiro atoms. The first-order valence-corrected chi connectivity index (χ1v) is 5.35. The molecule has 17 heavy (non-hydrogen) atoms. The van der Waals surface area contributed by atoms with Crippen LogP contribution in [0.4, 0.5) is 0 Å². The Morgan fingerprint density at radius 3 is 2.65 bits per heavy atom. The first-order chi connectivity index (χ1) is 7.63. The minimum Gasteiger partial charge on any atom is -0.468 e. The molecule has 0 unspecified atom stereocenters. The molecule has 0 saturated heterocycles. The van der Waals surface area contributed by atoms with Crippen molar-refractivity contribution in [2.45, 2.75) is 6.04 Å². The van der Waals surface area contributed by atoms with Crippen LogP contribution >= 0.6 is 28.3 Å². The molecule has 0 aromatic heterocycles. The van der Waals surface area contributed by atoms with E-state index in [9.17, 15) is 4.79 Å². The second-order valence-corrected chi connectivity index (χ2v) is 4.08. The van der Waals surface area contributed by atoms with Crippen LogP contribution in [0, 0.1) is 0 Å². The number of benzene rings is 1. The smallest absolute Gasteiger partial charge is 0.327 e. The third-order valence-corrected chi connectivity index (χ3v) is 2.97. The van der Waals surface area contributed by atoms with Crippen molar-refractivity contribution in [1.82, 2.24) is 0 Å². The fraction of sp³-hybridized carbons (Fsp3) is 0.300. The number of hydrogen-bond donors (Lipinski definition) is 1. The highest BCUT2D eigenvalue weighted by molar-refractivity contribution is 9.10. The van der Waals surface area contributed by atoms with E-state index in [2.05, 4.69) is 20.7 Å². The van der Waals surface area contributed by atoms with E-state index < -0.39 is 12.0 Å². The van der Waals surface area contributed by atoms with Crippen LogP contribution in [0.1, 0.15) is 11.6 Å². The predicted molar refractivity (Wildman–Crippen MR) is 66.5 cm³/mol. The van der Waals surface area contributed by atoms with Gasteiger partial charge in [0.15, 0.2) is 11.5 Å². The van der Waals surface area contributed by atoms with E-state index in [4.69, 9.17) is 15.2 Å². The molecule has 2 N–H and O–H groups in total. The third kappa shape index (κ3) is 2.65. The molecule has 0 fully saturated rings. The molecule has 1 aliphatic heterocycles. The average molecular weight is 325 g/mol. The number of esters is 1. The summed E-state index contributed by atoms with van der Waals surface area (Å²) < 4.78 is 15.7. The van der Waals surface area contributed by atoms with Crippen LogP contribution in [-0.4, -0.2) is 19.9 Å². The zero-order valence-corrected chi connectivity index (χ0v) is 11.3. The number of hydrogen-bond acceptors (Lipinski definition) is 5. The highest BCUT2D eigenvalue weighted by Gasteiger charge is 2.23. The molecule has 1 heterocycles. The van der Waals surface area contributed by atoms with Gasteiger partial charge in [-0.3, -0.25) is 4.79 Å². The van der Waals surface area contributed by atoms with Crippen molar-refractivity contribution in [3.8, 4) is 11.5 Å². The Kier molecular flexibility index (Phi) is 4.62. The van der Waals surface area contributed by atoms with E-state index in [0.29, 0.717) is 21.5 Å². The molecule has 5 nitrogen and oxygen atoms in total. The van der Waals surface area contributed by atoms with Crippen molar-refractivity contribution in [3.05, 3.63) is 22.2 Å². The summed E-state index contributed by atoms with van der Waals surface area (Å²) in [6, 6.07) is 2.56. The number of rotatable bonds is 2. The molecule has 1 aliphatic rings. The van der Waals surface area contributed by atoms with Crippen LogP contribution in [0.2, 0.25) is 0 Å². The normalized spacial score (nSPS) is 13.8. The second-order valence-electron chi connectivity index (χ2n) is 3.23. The highest BCUT2D eigenvalue weighted by Crippen LogP contribution is 2.38. The minimum absolute atomic E-state index is 0. The molecular weight excluding hydrogens is 313 g/mol. The molecule has 1 atom stereocenters. The number of carbonyl (C=O) groups excluding carboxylic acids is 1. The quantitative estimate of drug-likeness (QED) is 0.840. The lowest BCUT2D eigenvalue weighted by Crippen LogP contribution is -2.22. The van der Waals surface area contributed by atoms with Crippen LogP contribution in [0.25, 0.3) is 0 Å². The summed E-state index contributed by atoms with van der Waals surface area (Å²) in [7, 11) is 1.29. The maximum Gasteiger partial charge on any atom is 0.327 e. The van der Waals surface area contributed by atoms with Crippen LogP contribution in [0.5, 0.6) is 11.5 Å². The van der Waals surface area contributed by atoms with Crippen molar-refractivity contribution in [2.75, 3.05) is 13.9 Å². The summed E-state index contributed by atoms with van der Waals surface area (Å²) in [5, 5.41) is 0. The van der Waals surface area contributed by atoms with Gasteiger partial charge in [-0.2, -0.15) is 0 Å². The molecule has 7 heteroatoms. The fourth-order valence-corrected chi connectivity index (χ4v) is 1.99. The van der Waals surface area contributed by atoms with Gasteiger partial charge in [0.25, 0.3) is 0 Å². The topological polar surface area (TPSA) is 70.8 Å². The van der Waals surface area contributed by atoms with E-state index >= 15 is 0 Å². The SMILES string of the molecule is COC(=O)[C@@H](N)c1cc2c(cc1Br)OCO2.Cl. The molecule has 0 saturated carbocycles. The number of carbonyl (C=O) groups is 1. The summed E-state index contributed by atoms with van der Waals surface area (Å²) in [6.07, 6.45) is 0. The molecule has 2 rings (SSSR count). The van der Waals surface area contributed by atoms with E-state index in [1.807, 2.05) is 0 Å². The molecular formula is C10H11BrClNO4. The Morgan fingerprint density at radius 1 is 1.47 bits per heavy atom. The van der Waals surface area contributed by atoms with Gasteiger partial charge in [-0.25, -0.2) is 0 Å². The molecule has 0 bridgehead atoms. The van der Waals surface area contributed by atoms with Crippen molar-refractivity contribution in [3.63, 3.8) is 0 Å². The lowest BCUT2D eigenvalue weighted by atomic mass is 10.1. The number of methoxy groups -OCH3 is 1. The molecule has 1 aromatic rings. The van der Waals surface area contributed by atoms with Gasteiger partial charge in [-0.05, 0) is 17.7 Å². The lowest BCUT2D eigenvalue weighted by Gasteiger charge is -2.12. The number of halogens is 2. The summed E-state index contributed by atoms with van der Waals surface area (Å²) in [5.74, 6) is 0.713. The first-order valence-electron chi connectivity index (χ1n) is 4.56. The Morgan fingerprint density at radius 2 is 2.06 bits per heavy atom. The van der Waals surface area contributed by atoms with Gasteiger partial charge in [0.05, 0.1) is 7.11 Å². The van der Waals surface area contributed by atoms with E-state index in [1.165, 1.54) is 7.11 Å². The number of ether oxygens (including phenoxy) is 3. The Balaban J connectivity index is 0.00000144. The van der Waals surface area contributed by atoms with Gasteiger partial charge in [-0.1, -0.05) is 15.9 Å². The van der Waals surface area contributed by atoms with Crippen molar-refractivity contribution in [2.24, 2.45) is 5.73 Å². The van der Waals surface area contributed by atoms with E-state index in [-0.39, 0.29) is 19.2 Å². The van der Waals surface area contributed by atoms with Gasteiger partial charge in [0.2, 0.25) is 6.79 Å². The monoisotopic (exact) mass is 323 g/mol. The maximum absolute atomic E-state index is 11.3. The maximum atomic E-state index is 11.3. The zero-order valence-electron chi connectivity index (χ0n) is 8.94. The summed E-state index contributed by atoms with van der Waals surface area (Å²) in [6.45, 7) is 0.179. The Hall–Kier alpha value is -0.980. The van der Waals surface area contributed by atoms with E-state index in [0.717, 1.165) is 0 Å². The standard InChI is InChI=1S/C10H10BrNO4.ClH/c1-14-10(13)9(12)5-2-7-8(3-6(5)11)16-4-15-7;/h2-3,9H,4,12H2,1H3;1H/t9-;/m0./s1. The van der Waals surface area contributed by atoms with Gasteiger partial charge in [0, 0.05) is 4.47 Å². The third-order valence-electron chi connectivity index (χ3n) is 2.28. The van der Waals surface area contributed by atoms with Crippen molar-refractivity contribution >= 4 is 34.3 Å². The Labute approximate surface area is 113 Å². The molecule has 94 valence electrons. The van der Waals surface area contributed by atoms with Crippen LogP contribution < -0.4 is 15.2 Å². The van der Waals surface area contributed by atoms with Gasteiger partial charge >= 0.3 is 5.97 Å². The molecule has 1 aromatic carbocycles. The van der Waals surface area contributed by atoms with Gasteiger partial charge < -0.3 is 19.9 Å². The van der Waals surface area contributed by atoms with Gasteiger partial charge in [-0.15, -0.1) is 12.4 Å². The predicted octanol–water partition coefficient (Wildman–Crippen LogP) is 1.77. The van der Waals surface area contributed by atoms with Gasteiger partial charge in [0.1, 0.15) is 6.04 Å². The lowest BCUT2D eigenvalue weighted by molar-refractivity contribution is -0.142. The Bertz CT molecular complexity index is 441. The summed E-state index contributed by atoms with van der Waals surface area (Å²) in [4.78, 5) is 11.3. The van der Waals surface area contributed by atoms with Crippen LogP contribution in [-0.2, 0) is 9.53 Å². The minimum atomic E-state index is -0.839.